The minimum absolute atomic E-state index is 0.381. The molecule has 3 nitrogen and oxygen atoms in total. The molecule has 1 aromatic rings. The van der Waals surface area contributed by atoms with Crippen LogP contribution in [0.5, 0.6) is 0 Å². The molecular formula is C14H16ClN3. The molecule has 0 aliphatic heterocycles. The normalized spacial score (nSPS) is 12.0. The summed E-state index contributed by atoms with van der Waals surface area (Å²) < 4.78 is 0. The quantitative estimate of drug-likeness (QED) is 0.667. The third kappa shape index (κ3) is 3.59. The van der Waals surface area contributed by atoms with E-state index >= 15 is 0 Å². The van der Waals surface area contributed by atoms with Crippen LogP contribution in [0.2, 0.25) is 5.15 Å². The summed E-state index contributed by atoms with van der Waals surface area (Å²) >= 11 is 5.73. The Morgan fingerprint density at radius 2 is 2.17 bits per heavy atom. The number of likely N-dealkylation sites (N-methyl/N-ethyl adjacent to an activating group) is 1. The fourth-order valence-electron chi connectivity index (χ4n) is 1.45. The van der Waals surface area contributed by atoms with Gasteiger partial charge < -0.3 is 5.32 Å². The number of allylic oxidation sites excluding steroid dienone is 4. The van der Waals surface area contributed by atoms with Crippen molar-refractivity contribution in [3.63, 3.8) is 0 Å². The molecule has 0 saturated heterocycles. The summed E-state index contributed by atoms with van der Waals surface area (Å²) in [6.45, 7) is 7.50. The van der Waals surface area contributed by atoms with Crippen LogP contribution >= 0.6 is 11.6 Å². The molecule has 0 atom stereocenters. The summed E-state index contributed by atoms with van der Waals surface area (Å²) in [6, 6.07) is 3.56. The summed E-state index contributed by atoms with van der Waals surface area (Å²) in [4.78, 5) is 0. The molecule has 0 spiro atoms. The molecule has 1 heterocycles. The second-order valence-electron chi connectivity index (χ2n) is 3.61. The Balaban J connectivity index is 3.21. The van der Waals surface area contributed by atoms with Crippen molar-refractivity contribution in [1.29, 1.82) is 0 Å². The number of hydrogen-bond acceptors (Lipinski definition) is 3. The van der Waals surface area contributed by atoms with Crippen molar-refractivity contribution in [2.45, 2.75) is 13.8 Å². The maximum absolute atomic E-state index is 5.73. The second-order valence-corrected chi connectivity index (χ2v) is 4.00. The van der Waals surface area contributed by atoms with Crippen molar-refractivity contribution >= 4 is 17.2 Å². The number of nitrogens with zero attached hydrogens (tertiary/aromatic N) is 2. The molecule has 0 bridgehead atoms. The molecule has 0 unspecified atom stereocenters. The first kappa shape index (κ1) is 14.2. The lowest BCUT2D eigenvalue weighted by Gasteiger charge is -2.10. The van der Waals surface area contributed by atoms with Gasteiger partial charge in [0, 0.05) is 18.3 Å². The van der Waals surface area contributed by atoms with Crippen LogP contribution in [0.4, 0.5) is 0 Å². The summed E-state index contributed by atoms with van der Waals surface area (Å²) in [6.07, 6.45) is 3.93. The van der Waals surface area contributed by atoms with E-state index in [-0.39, 0.29) is 0 Å². The molecule has 94 valence electrons. The second kappa shape index (κ2) is 6.80. The largest absolute Gasteiger partial charge is 0.388 e. The molecular weight excluding hydrogens is 246 g/mol. The fourth-order valence-corrected chi connectivity index (χ4v) is 1.55. The first-order valence-corrected chi connectivity index (χ1v) is 5.92. The Bertz CT molecular complexity index is 520. The zero-order chi connectivity index (χ0) is 13.5. The molecule has 1 aromatic heterocycles. The molecule has 0 radical (unpaired) electrons. The SMILES string of the molecule is C=C=C(C)/C=C(NC)\C(=C\C)c1ccc(Cl)nn1. The van der Waals surface area contributed by atoms with Gasteiger partial charge in [-0.2, -0.15) is 0 Å². The van der Waals surface area contributed by atoms with E-state index in [4.69, 9.17) is 11.6 Å². The van der Waals surface area contributed by atoms with E-state index < -0.39 is 0 Å². The van der Waals surface area contributed by atoms with Crippen molar-refractivity contribution in [3.8, 4) is 0 Å². The topological polar surface area (TPSA) is 37.8 Å². The van der Waals surface area contributed by atoms with Gasteiger partial charge in [-0.1, -0.05) is 24.3 Å². The standard InChI is InChI=1S/C14H16ClN3/c1-5-10(3)9-13(16-4)11(6-2)12-7-8-14(15)18-17-12/h6-9,16H,1H2,2-4H3/b11-6+,13-9+. The lowest BCUT2D eigenvalue weighted by atomic mass is 10.1. The maximum atomic E-state index is 5.73. The van der Waals surface area contributed by atoms with E-state index in [0.29, 0.717) is 5.15 Å². The van der Waals surface area contributed by atoms with Gasteiger partial charge in [-0.15, -0.1) is 15.9 Å². The van der Waals surface area contributed by atoms with Gasteiger partial charge >= 0.3 is 0 Å². The Hall–Kier alpha value is -1.83. The van der Waals surface area contributed by atoms with Crippen LogP contribution in [0.15, 0.2) is 47.9 Å². The van der Waals surface area contributed by atoms with E-state index in [1.165, 1.54) is 0 Å². The lowest BCUT2D eigenvalue weighted by Crippen LogP contribution is -2.09. The van der Waals surface area contributed by atoms with Crippen LogP contribution in [0.25, 0.3) is 5.57 Å². The highest BCUT2D eigenvalue weighted by molar-refractivity contribution is 6.29. The smallest absolute Gasteiger partial charge is 0.151 e. The summed E-state index contributed by atoms with van der Waals surface area (Å²) in [5, 5.41) is 11.4. The predicted octanol–water partition coefficient (Wildman–Crippen LogP) is 3.37. The van der Waals surface area contributed by atoms with Gasteiger partial charge in [-0.25, -0.2) is 0 Å². The van der Waals surface area contributed by atoms with E-state index in [1.54, 1.807) is 6.07 Å². The third-order valence-corrected chi connectivity index (χ3v) is 2.60. The van der Waals surface area contributed by atoms with Crippen LogP contribution in [-0.2, 0) is 0 Å². The van der Waals surface area contributed by atoms with Crippen LogP contribution in [0.3, 0.4) is 0 Å². The van der Waals surface area contributed by atoms with Gasteiger partial charge in [0.2, 0.25) is 0 Å². The van der Waals surface area contributed by atoms with Gasteiger partial charge in [0.1, 0.15) is 0 Å². The van der Waals surface area contributed by atoms with E-state index in [1.807, 2.05) is 39.1 Å². The molecule has 18 heavy (non-hydrogen) atoms. The molecule has 0 aromatic carbocycles. The van der Waals surface area contributed by atoms with Gasteiger partial charge in [0.15, 0.2) is 5.15 Å². The molecule has 1 rings (SSSR count). The van der Waals surface area contributed by atoms with Crippen LogP contribution in [-0.4, -0.2) is 17.2 Å². The zero-order valence-electron chi connectivity index (χ0n) is 10.8. The van der Waals surface area contributed by atoms with Crippen LogP contribution < -0.4 is 5.32 Å². The molecule has 0 fully saturated rings. The van der Waals surface area contributed by atoms with E-state index in [9.17, 15) is 0 Å². The highest BCUT2D eigenvalue weighted by atomic mass is 35.5. The Morgan fingerprint density at radius 3 is 2.61 bits per heavy atom. The average molecular weight is 262 g/mol. The third-order valence-electron chi connectivity index (χ3n) is 2.40. The van der Waals surface area contributed by atoms with Crippen molar-refractivity contribution in [1.82, 2.24) is 15.5 Å². The van der Waals surface area contributed by atoms with Crippen molar-refractivity contribution < 1.29 is 0 Å². The Kier molecular flexibility index (Phi) is 5.37. The van der Waals surface area contributed by atoms with Crippen molar-refractivity contribution in [2.24, 2.45) is 0 Å². The summed E-state index contributed by atoms with van der Waals surface area (Å²) in [5.74, 6) is 0. The number of rotatable bonds is 4. The molecule has 4 heteroatoms. The van der Waals surface area contributed by atoms with E-state index in [0.717, 1.165) is 22.5 Å². The number of hydrogen-bond donors (Lipinski definition) is 1. The number of halogens is 1. The van der Waals surface area contributed by atoms with Crippen molar-refractivity contribution in [3.05, 3.63) is 58.7 Å². The molecule has 0 saturated carbocycles. The minimum atomic E-state index is 0.381. The molecule has 1 N–H and O–H groups in total. The summed E-state index contributed by atoms with van der Waals surface area (Å²) in [7, 11) is 1.86. The minimum Gasteiger partial charge on any atom is -0.388 e. The predicted molar refractivity (Wildman–Crippen MR) is 76.2 cm³/mol. The average Bonchev–Trinajstić information content (AvgIpc) is 2.40. The molecule has 0 aliphatic carbocycles. The first-order valence-electron chi connectivity index (χ1n) is 5.54. The maximum Gasteiger partial charge on any atom is 0.151 e. The molecule has 0 aliphatic rings. The van der Waals surface area contributed by atoms with Crippen LogP contribution in [0, 0.1) is 0 Å². The fraction of sp³-hybridized carbons (Fsp3) is 0.214. The highest BCUT2D eigenvalue weighted by Gasteiger charge is 2.08. The first-order chi connectivity index (χ1) is 8.62. The number of aromatic nitrogens is 2. The zero-order valence-corrected chi connectivity index (χ0v) is 11.5. The van der Waals surface area contributed by atoms with Crippen molar-refractivity contribution in [2.75, 3.05) is 7.05 Å². The number of nitrogens with one attached hydrogen (secondary N) is 1. The van der Waals surface area contributed by atoms with Gasteiger partial charge in [0.05, 0.1) is 5.69 Å². The Morgan fingerprint density at radius 1 is 1.44 bits per heavy atom. The van der Waals surface area contributed by atoms with Gasteiger partial charge in [-0.3, -0.25) is 0 Å². The van der Waals surface area contributed by atoms with Crippen LogP contribution in [0.1, 0.15) is 19.5 Å². The van der Waals surface area contributed by atoms with E-state index in [2.05, 4.69) is 27.8 Å². The lowest BCUT2D eigenvalue weighted by molar-refractivity contribution is 0.985. The van der Waals surface area contributed by atoms with Gasteiger partial charge in [-0.05, 0) is 37.6 Å². The monoisotopic (exact) mass is 261 g/mol. The van der Waals surface area contributed by atoms with Gasteiger partial charge in [0.25, 0.3) is 0 Å². The Labute approximate surface area is 113 Å². The highest BCUT2D eigenvalue weighted by Crippen LogP contribution is 2.20. The summed E-state index contributed by atoms with van der Waals surface area (Å²) in [5.41, 5.74) is 6.43. The molecule has 0 amide bonds.